The highest BCUT2D eigenvalue weighted by atomic mass is 16.3. The predicted octanol–water partition coefficient (Wildman–Crippen LogP) is 15.5. The zero-order valence-electron chi connectivity index (χ0n) is 31.9. The SMILES string of the molecule is CC1(C)c2ccccc2-c2ccc(-c3ccc(N(c4cccc(-c5cccc(-c6cccc7ccccc67)c5)c4)c4ccc5oc6ccccc6c5c4)cc3)cc21. The molecule has 0 N–H and O–H groups in total. The van der Waals surface area contributed by atoms with Gasteiger partial charge in [0.15, 0.2) is 0 Å². The van der Waals surface area contributed by atoms with E-state index in [0.717, 1.165) is 44.6 Å². The number of nitrogens with zero attached hydrogens (tertiary/aromatic N) is 1. The van der Waals surface area contributed by atoms with E-state index in [1.807, 2.05) is 12.1 Å². The zero-order chi connectivity index (χ0) is 38.1. The van der Waals surface area contributed by atoms with E-state index in [4.69, 9.17) is 4.42 Å². The van der Waals surface area contributed by atoms with Gasteiger partial charge in [0.2, 0.25) is 0 Å². The molecule has 1 aromatic heterocycles. The second-order valence-corrected chi connectivity index (χ2v) is 15.7. The molecule has 0 amide bonds. The number of benzene rings is 9. The molecule has 270 valence electrons. The summed E-state index contributed by atoms with van der Waals surface area (Å²) in [5.41, 5.74) is 17.6. The Labute approximate surface area is 332 Å². The fraction of sp³-hybridized carbons (Fsp3) is 0.0545. The van der Waals surface area contributed by atoms with E-state index >= 15 is 0 Å². The molecule has 11 rings (SSSR count). The van der Waals surface area contributed by atoms with Crippen LogP contribution in [0.3, 0.4) is 0 Å². The largest absolute Gasteiger partial charge is 0.456 e. The van der Waals surface area contributed by atoms with E-state index in [9.17, 15) is 0 Å². The summed E-state index contributed by atoms with van der Waals surface area (Å²) in [5.74, 6) is 0. The molecule has 0 unspecified atom stereocenters. The van der Waals surface area contributed by atoms with Gasteiger partial charge in [-0.15, -0.1) is 0 Å². The maximum Gasteiger partial charge on any atom is 0.135 e. The van der Waals surface area contributed by atoms with Gasteiger partial charge in [-0.25, -0.2) is 0 Å². The van der Waals surface area contributed by atoms with Crippen molar-refractivity contribution in [3.05, 3.63) is 211 Å². The zero-order valence-corrected chi connectivity index (χ0v) is 31.9. The van der Waals surface area contributed by atoms with Gasteiger partial charge in [-0.2, -0.15) is 0 Å². The van der Waals surface area contributed by atoms with Gasteiger partial charge in [0, 0.05) is 33.2 Å². The second kappa shape index (κ2) is 13.0. The Kier molecular flexibility index (Phi) is 7.55. The molecule has 0 saturated carbocycles. The highest BCUT2D eigenvalue weighted by molar-refractivity contribution is 6.06. The minimum atomic E-state index is -0.0476. The number of hydrogen-bond donors (Lipinski definition) is 0. The number of fused-ring (bicyclic) bond motifs is 7. The average Bonchev–Trinajstić information content (AvgIpc) is 3.75. The normalized spacial score (nSPS) is 12.9. The van der Waals surface area contributed by atoms with E-state index < -0.39 is 0 Å². The summed E-state index contributed by atoms with van der Waals surface area (Å²) in [6.45, 7) is 4.69. The first-order chi connectivity index (χ1) is 28.0. The molecule has 2 heteroatoms. The second-order valence-electron chi connectivity index (χ2n) is 15.7. The first kappa shape index (κ1) is 33.2. The highest BCUT2D eigenvalue weighted by Crippen LogP contribution is 2.50. The lowest BCUT2D eigenvalue weighted by Gasteiger charge is -2.26. The summed E-state index contributed by atoms with van der Waals surface area (Å²) in [6, 6.07) is 72.7. The number of para-hydroxylation sites is 1. The van der Waals surface area contributed by atoms with Crippen LogP contribution in [0.1, 0.15) is 25.0 Å². The summed E-state index contributed by atoms with van der Waals surface area (Å²) in [5, 5.41) is 4.73. The molecule has 57 heavy (non-hydrogen) atoms. The molecular formula is C55H39NO. The third kappa shape index (κ3) is 5.48. The summed E-state index contributed by atoms with van der Waals surface area (Å²) < 4.78 is 6.26. The van der Waals surface area contributed by atoms with Crippen LogP contribution in [0.15, 0.2) is 205 Å². The Morgan fingerprint density at radius 2 is 0.947 bits per heavy atom. The van der Waals surface area contributed by atoms with Crippen molar-refractivity contribution in [1.29, 1.82) is 0 Å². The minimum Gasteiger partial charge on any atom is -0.456 e. The van der Waals surface area contributed by atoms with E-state index in [-0.39, 0.29) is 5.41 Å². The van der Waals surface area contributed by atoms with E-state index in [2.05, 4.69) is 207 Å². The van der Waals surface area contributed by atoms with Gasteiger partial charge in [-0.3, -0.25) is 0 Å². The van der Waals surface area contributed by atoms with Gasteiger partial charge in [0.1, 0.15) is 11.2 Å². The molecule has 0 fully saturated rings. The fourth-order valence-corrected chi connectivity index (χ4v) is 9.16. The van der Waals surface area contributed by atoms with Crippen molar-refractivity contribution in [1.82, 2.24) is 0 Å². The Morgan fingerprint density at radius 1 is 0.351 bits per heavy atom. The third-order valence-electron chi connectivity index (χ3n) is 12.1. The van der Waals surface area contributed by atoms with E-state index in [1.54, 1.807) is 0 Å². The predicted molar refractivity (Wildman–Crippen MR) is 240 cm³/mol. The molecule has 0 saturated heterocycles. The van der Waals surface area contributed by atoms with Crippen LogP contribution in [0.5, 0.6) is 0 Å². The number of furan rings is 1. The number of hydrogen-bond acceptors (Lipinski definition) is 2. The molecule has 0 atom stereocenters. The standard InChI is InChI=1S/C55H39NO/c1-55(2)51-22-7-5-19-47(51)48-30-26-40(34-52(48)55)36-24-27-42(28-25-36)56(44-29-31-54-50(35-44)49-20-6-8-23-53(49)57-54)43-17-10-15-39(33-43)38-14-9-16-41(32-38)46-21-11-13-37-12-3-4-18-45(37)46/h3-35H,1-2H3. The molecule has 1 heterocycles. The maximum atomic E-state index is 6.26. The summed E-state index contributed by atoms with van der Waals surface area (Å²) in [7, 11) is 0. The summed E-state index contributed by atoms with van der Waals surface area (Å²) >= 11 is 0. The van der Waals surface area contributed by atoms with Crippen molar-refractivity contribution < 1.29 is 4.42 Å². The van der Waals surface area contributed by atoms with Crippen molar-refractivity contribution in [3.8, 4) is 44.5 Å². The van der Waals surface area contributed by atoms with Crippen molar-refractivity contribution in [2.24, 2.45) is 0 Å². The number of anilines is 3. The number of rotatable bonds is 6. The van der Waals surface area contributed by atoms with Gasteiger partial charge in [-0.05, 0) is 127 Å². The first-order valence-electron chi connectivity index (χ1n) is 19.7. The van der Waals surface area contributed by atoms with Crippen LogP contribution >= 0.6 is 0 Å². The van der Waals surface area contributed by atoms with Gasteiger partial charge in [0.25, 0.3) is 0 Å². The highest BCUT2D eigenvalue weighted by Gasteiger charge is 2.35. The third-order valence-corrected chi connectivity index (χ3v) is 12.1. The summed E-state index contributed by atoms with van der Waals surface area (Å²) in [4.78, 5) is 2.37. The molecule has 0 spiro atoms. The Hall–Kier alpha value is -7.16. The Balaban J connectivity index is 1.01. The van der Waals surface area contributed by atoms with Crippen LogP contribution < -0.4 is 4.90 Å². The van der Waals surface area contributed by atoms with Crippen LogP contribution in [0.25, 0.3) is 77.2 Å². The molecule has 9 aromatic carbocycles. The molecule has 10 aromatic rings. The topological polar surface area (TPSA) is 16.4 Å². The Bertz CT molecular complexity index is 3160. The van der Waals surface area contributed by atoms with Crippen LogP contribution in [0.4, 0.5) is 17.1 Å². The van der Waals surface area contributed by atoms with E-state index in [0.29, 0.717) is 0 Å². The minimum absolute atomic E-state index is 0.0476. The van der Waals surface area contributed by atoms with Crippen LogP contribution in [0.2, 0.25) is 0 Å². The lowest BCUT2D eigenvalue weighted by molar-refractivity contribution is 0.660. The van der Waals surface area contributed by atoms with Crippen LogP contribution in [-0.4, -0.2) is 0 Å². The summed E-state index contributed by atoms with van der Waals surface area (Å²) in [6.07, 6.45) is 0. The van der Waals surface area contributed by atoms with E-state index in [1.165, 1.54) is 60.8 Å². The van der Waals surface area contributed by atoms with Crippen LogP contribution in [-0.2, 0) is 5.41 Å². The lowest BCUT2D eigenvalue weighted by Crippen LogP contribution is -2.14. The van der Waals surface area contributed by atoms with Crippen molar-refractivity contribution in [2.75, 3.05) is 4.90 Å². The smallest absolute Gasteiger partial charge is 0.135 e. The van der Waals surface area contributed by atoms with Gasteiger partial charge < -0.3 is 9.32 Å². The van der Waals surface area contributed by atoms with Crippen molar-refractivity contribution >= 4 is 49.8 Å². The van der Waals surface area contributed by atoms with Gasteiger partial charge in [-0.1, -0.05) is 153 Å². The molecule has 0 aliphatic heterocycles. The average molecular weight is 730 g/mol. The fourth-order valence-electron chi connectivity index (χ4n) is 9.16. The maximum absolute atomic E-state index is 6.26. The van der Waals surface area contributed by atoms with Gasteiger partial charge in [0.05, 0.1) is 0 Å². The van der Waals surface area contributed by atoms with Gasteiger partial charge >= 0.3 is 0 Å². The molecular weight excluding hydrogens is 691 g/mol. The van der Waals surface area contributed by atoms with Crippen LogP contribution in [0, 0.1) is 0 Å². The molecule has 0 radical (unpaired) electrons. The van der Waals surface area contributed by atoms with Crippen molar-refractivity contribution in [3.63, 3.8) is 0 Å². The Morgan fingerprint density at radius 3 is 1.84 bits per heavy atom. The quantitative estimate of drug-likeness (QED) is 0.169. The molecule has 1 aliphatic carbocycles. The lowest BCUT2D eigenvalue weighted by atomic mass is 9.81. The van der Waals surface area contributed by atoms with Crippen molar-refractivity contribution in [2.45, 2.75) is 19.3 Å². The first-order valence-corrected chi connectivity index (χ1v) is 19.7. The monoisotopic (exact) mass is 729 g/mol. The molecule has 1 aliphatic rings. The molecule has 2 nitrogen and oxygen atoms in total. The molecule has 0 bridgehead atoms.